The normalized spacial score (nSPS) is 21.9. The van der Waals surface area contributed by atoms with E-state index in [0.717, 1.165) is 25.8 Å². The summed E-state index contributed by atoms with van der Waals surface area (Å²) in [6.45, 7) is 17.2. The highest BCUT2D eigenvalue weighted by atomic mass is 16.5. The number of likely N-dealkylation sites (tertiary alicyclic amines) is 1. The second-order valence-electron chi connectivity index (χ2n) is 11.0. The zero-order valence-electron chi connectivity index (χ0n) is 23.2. The summed E-state index contributed by atoms with van der Waals surface area (Å²) in [5.74, 6) is -0.150. The van der Waals surface area contributed by atoms with Gasteiger partial charge in [0.25, 0.3) is 0 Å². The van der Waals surface area contributed by atoms with Crippen molar-refractivity contribution in [1.82, 2.24) is 20.0 Å². The molecule has 2 saturated heterocycles. The van der Waals surface area contributed by atoms with E-state index >= 15 is 0 Å². The van der Waals surface area contributed by atoms with Gasteiger partial charge in [-0.3, -0.25) is 19.3 Å². The molecule has 2 fully saturated rings. The molecule has 200 valence electrons. The molecule has 0 aliphatic carbocycles. The summed E-state index contributed by atoms with van der Waals surface area (Å²) in [5.41, 5.74) is 0.630. The maximum atomic E-state index is 13.7. The van der Waals surface area contributed by atoms with Crippen molar-refractivity contribution in [3.05, 3.63) is 11.6 Å². The number of hydrogen-bond acceptors (Lipinski definition) is 5. The molecule has 3 unspecified atom stereocenters. The molecule has 2 aliphatic heterocycles. The van der Waals surface area contributed by atoms with E-state index < -0.39 is 6.04 Å². The van der Waals surface area contributed by atoms with E-state index in [1.54, 1.807) is 16.8 Å². The molecule has 3 amide bonds. The molecule has 2 aliphatic rings. The maximum absolute atomic E-state index is 13.7. The number of amides is 3. The molecule has 2 rings (SSSR count). The van der Waals surface area contributed by atoms with Crippen LogP contribution in [0.5, 0.6) is 0 Å². The third kappa shape index (κ3) is 7.78. The lowest BCUT2D eigenvalue weighted by atomic mass is 9.95. The number of nitrogens with one attached hydrogen (secondary N) is 1. The van der Waals surface area contributed by atoms with E-state index in [-0.39, 0.29) is 47.7 Å². The van der Waals surface area contributed by atoms with Crippen molar-refractivity contribution < 1.29 is 19.1 Å². The summed E-state index contributed by atoms with van der Waals surface area (Å²) >= 11 is 0. The van der Waals surface area contributed by atoms with Gasteiger partial charge in [-0.25, -0.2) is 0 Å². The zero-order chi connectivity index (χ0) is 26.3. The molecule has 35 heavy (non-hydrogen) atoms. The Morgan fingerprint density at radius 2 is 1.60 bits per heavy atom. The molecule has 0 aromatic carbocycles. The highest BCUT2D eigenvalue weighted by Crippen LogP contribution is 2.21. The predicted molar refractivity (Wildman–Crippen MR) is 139 cm³/mol. The average molecular weight is 493 g/mol. The molecule has 0 bridgehead atoms. The van der Waals surface area contributed by atoms with E-state index in [2.05, 4.69) is 24.1 Å². The van der Waals surface area contributed by atoms with Gasteiger partial charge in [-0.2, -0.15) is 0 Å². The van der Waals surface area contributed by atoms with Gasteiger partial charge in [-0.15, -0.1) is 0 Å². The average Bonchev–Trinajstić information content (AvgIpc) is 2.84. The number of ether oxygens (including phenoxy) is 1. The Hall–Kier alpha value is -1.93. The third-order valence-corrected chi connectivity index (χ3v) is 7.27. The Balaban J connectivity index is 2.17. The standard InChI is InChI=1S/C27H48N4O4/c1-18(2)23(17-21(7)26(33)30-13-15-35-16-14-30)29(8)27(34)24(19(3)4)28-25(32)22-11-9-10-12-31(22)20(5)6/h17-20,22-24H,9-16H2,1-8H3,(H,28,32)/b21-17+. The van der Waals surface area contributed by atoms with Crippen molar-refractivity contribution in [3.63, 3.8) is 0 Å². The predicted octanol–water partition coefficient (Wildman–Crippen LogP) is 2.68. The highest BCUT2D eigenvalue weighted by molar-refractivity contribution is 5.93. The van der Waals surface area contributed by atoms with Gasteiger partial charge in [0, 0.05) is 31.8 Å². The smallest absolute Gasteiger partial charge is 0.249 e. The second kappa shape index (κ2) is 13.4. The molecule has 0 aromatic heterocycles. The van der Waals surface area contributed by atoms with Crippen LogP contribution in [0.3, 0.4) is 0 Å². The number of piperidine rings is 1. The molecule has 0 radical (unpaired) electrons. The lowest BCUT2D eigenvalue weighted by Crippen LogP contribution is -2.58. The Kier molecular flexibility index (Phi) is 11.2. The van der Waals surface area contributed by atoms with Crippen molar-refractivity contribution in [2.75, 3.05) is 39.9 Å². The summed E-state index contributed by atoms with van der Waals surface area (Å²) in [5, 5.41) is 3.09. The van der Waals surface area contributed by atoms with E-state index in [0.29, 0.717) is 31.9 Å². The lowest BCUT2D eigenvalue weighted by molar-refractivity contribution is -0.140. The van der Waals surface area contributed by atoms with Crippen molar-refractivity contribution in [3.8, 4) is 0 Å². The monoisotopic (exact) mass is 492 g/mol. The molecule has 0 spiro atoms. The van der Waals surface area contributed by atoms with Crippen LogP contribution in [0.15, 0.2) is 11.6 Å². The van der Waals surface area contributed by atoms with Crippen LogP contribution in [0.2, 0.25) is 0 Å². The molecular weight excluding hydrogens is 444 g/mol. The Morgan fingerprint density at radius 3 is 2.14 bits per heavy atom. The van der Waals surface area contributed by atoms with Crippen LogP contribution >= 0.6 is 0 Å². The largest absolute Gasteiger partial charge is 0.378 e. The summed E-state index contributed by atoms with van der Waals surface area (Å²) in [6.07, 6.45) is 4.85. The fourth-order valence-electron chi connectivity index (χ4n) is 5.08. The minimum absolute atomic E-state index is 0.0143. The first-order valence-electron chi connectivity index (χ1n) is 13.3. The number of hydrogen-bond donors (Lipinski definition) is 1. The molecular formula is C27H48N4O4. The Labute approximate surface area is 212 Å². The molecule has 0 aromatic rings. The molecule has 2 heterocycles. The van der Waals surface area contributed by atoms with Crippen molar-refractivity contribution in [1.29, 1.82) is 0 Å². The number of morpholine rings is 1. The number of carbonyl (C=O) groups excluding carboxylic acids is 3. The number of rotatable bonds is 9. The SMILES string of the molecule is C/C(=C\C(C(C)C)N(C)C(=O)C(NC(=O)C1CCCCN1C(C)C)C(C)C)C(=O)N1CCOCC1. The first kappa shape index (κ1) is 29.3. The van der Waals surface area contributed by atoms with Crippen LogP contribution in [0.1, 0.15) is 67.7 Å². The van der Waals surface area contributed by atoms with Gasteiger partial charge in [-0.1, -0.05) is 40.2 Å². The van der Waals surface area contributed by atoms with E-state index in [1.807, 2.05) is 40.7 Å². The topological polar surface area (TPSA) is 82.2 Å². The van der Waals surface area contributed by atoms with Gasteiger partial charge in [0.05, 0.1) is 25.3 Å². The van der Waals surface area contributed by atoms with Crippen molar-refractivity contribution >= 4 is 17.7 Å². The van der Waals surface area contributed by atoms with Gasteiger partial charge in [0.1, 0.15) is 6.04 Å². The first-order valence-corrected chi connectivity index (χ1v) is 13.3. The van der Waals surface area contributed by atoms with Crippen LogP contribution in [-0.2, 0) is 19.1 Å². The van der Waals surface area contributed by atoms with Crippen molar-refractivity contribution in [2.45, 2.75) is 91.9 Å². The molecule has 1 N–H and O–H groups in total. The van der Waals surface area contributed by atoms with Crippen LogP contribution in [-0.4, -0.2) is 96.5 Å². The molecule has 8 nitrogen and oxygen atoms in total. The van der Waals surface area contributed by atoms with E-state index in [1.165, 1.54) is 0 Å². The van der Waals surface area contributed by atoms with Gasteiger partial charge >= 0.3 is 0 Å². The Morgan fingerprint density at radius 1 is 0.971 bits per heavy atom. The van der Waals surface area contributed by atoms with E-state index in [4.69, 9.17) is 4.74 Å². The quantitative estimate of drug-likeness (QED) is 0.501. The van der Waals surface area contributed by atoms with Crippen LogP contribution < -0.4 is 5.32 Å². The fraction of sp³-hybridized carbons (Fsp3) is 0.815. The zero-order valence-corrected chi connectivity index (χ0v) is 23.2. The fourth-order valence-corrected chi connectivity index (χ4v) is 5.08. The molecule has 0 saturated carbocycles. The third-order valence-electron chi connectivity index (χ3n) is 7.27. The number of nitrogens with zero attached hydrogens (tertiary/aromatic N) is 3. The summed E-state index contributed by atoms with van der Waals surface area (Å²) in [4.78, 5) is 45.7. The van der Waals surface area contributed by atoms with Gasteiger partial charge in [0.2, 0.25) is 17.7 Å². The van der Waals surface area contributed by atoms with Crippen LogP contribution in [0, 0.1) is 11.8 Å². The van der Waals surface area contributed by atoms with Crippen molar-refractivity contribution in [2.24, 2.45) is 11.8 Å². The molecule has 3 atom stereocenters. The minimum Gasteiger partial charge on any atom is -0.378 e. The summed E-state index contributed by atoms with van der Waals surface area (Å²) in [6, 6.07) is -0.789. The second-order valence-corrected chi connectivity index (χ2v) is 11.0. The highest BCUT2D eigenvalue weighted by Gasteiger charge is 2.36. The van der Waals surface area contributed by atoms with Gasteiger partial charge < -0.3 is 19.9 Å². The lowest BCUT2D eigenvalue weighted by Gasteiger charge is -2.39. The van der Waals surface area contributed by atoms with Gasteiger partial charge in [-0.05, 0) is 52.0 Å². The Bertz CT molecular complexity index is 758. The maximum Gasteiger partial charge on any atom is 0.249 e. The van der Waals surface area contributed by atoms with E-state index in [9.17, 15) is 14.4 Å². The summed E-state index contributed by atoms with van der Waals surface area (Å²) in [7, 11) is 1.78. The minimum atomic E-state index is -0.617. The summed E-state index contributed by atoms with van der Waals surface area (Å²) < 4.78 is 5.36. The first-order chi connectivity index (χ1) is 16.5. The number of likely N-dealkylation sites (N-methyl/N-ethyl adjacent to an activating group) is 1. The molecule has 8 heteroatoms. The van der Waals surface area contributed by atoms with Crippen LogP contribution in [0.4, 0.5) is 0 Å². The van der Waals surface area contributed by atoms with Crippen LogP contribution in [0.25, 0.3) is 0 Å². The number of carbonyl (C=O) groups is 3. The van der Waals surface area contributed by atoms with Gasteiger partial charge in [0.15, 0.2) is 0 Å².